The number of carbonyl (C=O) groups excluding carboxylic acids is 3. The Balaban J connectivity index is 4.18. The van der Waals surface area contributed by atoms with E-state index in [2.05, 4.69) is 0 Å². The topological polar surface area (TPSA) is 72.9 Å². The standard InChI is InChI=1S/C16H29NO5/c1-4-7-14(18)17(10-12-21-15(19)8-5-2)11-13-22-16(20)9-6-3/h4-13H2,1-3H3. The second kappa shape index (κ2) is 13.1. The molecule has 0 heterocycles. The van der Waals surface area contributed by atoms with Gasteiger partial charge < -0.3 is 14.4 Å². The van der Waals surface area contributed by atoms with Crippen LogP contribution in [-0.4, -0.2) is 49.0 Å². The minimum atomic E-state index is -0.250. The van der Waals surface area contributed by atoms with Crippen molar-refractivity contribution in [1.29, 1.82) is 0 Å². The summed E-state index contributed by atoms with van der Waals surface area (Å²) in [7, 11) is 0. The summed E-state index contributed by atoms with van der Waals surface area (Å²) in [6.07, 6.45) is 3.44. The second-order valence-corrected chi connectivity index (χ2v) is 5.07. The van der Waals surface area contributed by atoms with E-state index in [4.69, 9.17) is 9.47 Å². The average Bonchev–Trinajstić information content (AvgIpc) is 2.46. The van der Waals surface area contributed by atoms with E-state index in [0.29, 0.717) is 32.4 Å². The van der Waals surface area contributed by atoms with Gasteiger partial charge in [0.15, 0.2) is 0 Å². The molecule has 0 fully saturated rings. The fraction of sp³-hybridized carbons (Fsp3) is 0.812. The van der Waals surface area contributed by atoms with Gasteiger partial charge >= 0.3 is 11.9 Å². The van der Waals surface area contributed by atoms with Gasteiger partial charge in [0.2, 0.25) is 5.91 Å². The van der Waals surface area contributed by atoms with Crippen molar-refractivity contribution in [2.24, 2.45) is 0 Å². The van der Waals surface area contributed by atoms with E-state index in [1.54, 1.807) is 4.90 Å². The number of amides is 1. The Labute approximate surface area is 133 Å². The first-order chi connectivity index (χ1) is 10.5. The van der Waals surface area contributed by atoms with Crippen molar-refractivity contribution in [2.45, 2.75) is 59.3 Å². The lowest BCUT2D eigenvalue weighted by Crippen LogP contribution is -2.37. The van der Waals surface area contributed by atoms with Crippen LogP contribution in [0.5, 0.6) is 0 Å². The molecule has 0 aliphatic rings. The van der Waals surface area contributed by atoms with Crippen molar-refractivity contribution >= 4 is 17.8 Å². The number of hydrogen-bond acceptors (Lipinski definition) is 5. The largest absolute Gasteiger partial charge is 0.464 e. The summed E-state index contributed by atoms with van der Waals surface area (Å²) in [5.74, 6) is -0.514. The quantitative estimate of drug-likeness (QED) is 0.517. The minimum absolute atomic E-state index is 0.0134. The van der Waals surface area contributed by atoms with Crippen molar-refractivity contribution in [2.75, 3.05) is 26.3 Å². The molecule has 0 aromatic rings. The van der Waals surface area contributed by atoms with E-state index in [1.165, 1.54) is 0 Å². The Morgan fingerprint density at radius 3 is 1.50 bits per heavy atom. The number of rotatable bonds is 12. The van der Waals surface area contributed by atoms with E-state index >= 15 is 0 Å². The fourth-order valence-electron chi connectivity index (χ4n) is 1.83. The number of ether oxygens (including phenoxy) is 2. The Bertz CT molecular complexity index is 319. The smallest absolute Gasteiger partial charge is 0.305 e. The van der Waals surface area contributed by atoms with Crippen LogP contribution in [-0.2, 0) is 23.9 Å². The molecular formula is C16H29NO5. The fourth-order valence-corrected chi connectivity index (χ4v) is 1.83. The molecule has 1 amide bonds. The third kappa shape index (κ3) is 10.2. The van der Waals surface area contributed by atoms with Gasteiger partial charge in [0.05, 0.1) is 13.1 Å². The molecule has 128 valence electrons. The third-order valence-electron chi connectivity index (χ3n) is 2.97. The van der Waals surface area contributed by atoms with E-state index in [1.807, 2.05) is 20.8 Å². The molecular weight excluding hydrogens is 286 g/mol. The maximum atomic E-state index is 12.0. The van der Waals surface area contributed by atoms with Crippen LogP contribution in [0.3, 0.4) is 0 Å². The zero-order chi connectivity index (χ0) is 16.8. The maximum absolute atomic E-state index is 12.0. The normalized spacial score (nSPS) is 10.1. The molecule has 22 heavy (non-hydrogen) atoms. The maximum Gasteiger partial charge on any atom is 0.305 e. The summed E-state index contributed by atoms with van der Waals surface area (Å²) in [4.78, 5) is 36.2. The van der Waals surface area contributed by atoms with Gasteiger partial charge in [-0.15, -0.1) is 0 Å². The molecule has 0 saturated heterocycles. The van der Waals surface area contributed by atoms with Gasteiger partial charge in [0.25, 0.3) is 0 Å². The number of hydrogen-bond donors (Lipinski definition) is 0. The molecule has 0 bridgehead atoms. The van der Waals surface area contributed by atoms with Crippen LogP contribution in [0, 0.1) is 0 Å². The highest BCUT2D eigenvalue weighted by atomic mass is 16.5. The number of esters is 2. The molecule has 0 spiro atoms. The molecule has 0 radical (unpaired) electrons. The summed E-state index contributed by atoms with van der Waals surface area (Å²) in [6.45, 7) is 6.76. The predicted octanol–water partition coefficient (Wildman–Crippen LogP) is 2.30. The molecule has 0 saturated carbocycles. The first-order valence-electron chi connectivity index (χ1n) is 8.14. The molecule has 0 aromatic heterocycles. The zero-order valence-electron chi connectivity index (χ0n) is 14.1. The Morgan fingerprint density at radius 2 is 1.14 bits per heavy atom. The van der Waals surface area contributed by atoms with Crippen molar-refractivity contribution in [3.05, 3.63) is 0 Å². The molecule has 0 aliphatic carbocycles. The highest BCUT2D eigenvalue weighted by Crippen LogP contribution is 2.00. The van der Waals surface area contributed by atoms with Crippen molar-refractivity contribution < 1.29 is 23.9 Å². The van der Waals surface area contributed by atoms with Crippen molar-refractivity contribution in [3.63, 3.8) is 0 Å². The molecule has 6 nitrogen and oxygen atoms in total. The van der Waals surface area contributed by atoms with Crippen LogP contribution < -0.4 is 0 Å². The lowest BCUT2D eigenvalue weighted by Gasteiger charge is -2.22. The van der Waals surface area contributed by atoms with Gasteiger partial charge in [0, 0.05) is 19.3 Å². The molecule has 6 heteroatoms. The molecule has 0 unspecified atom stereocenters. The average molecular weight is 315 g/mol. The molecule has 0 aromatic carbocycles. The van der Waals surface area contributed by atoms with E-state index in [0.717, 1.165) is 19.3 Å². The van der Waals surface area contributed by atoms with Crippen LogP contribution >= 0.6 is 0 Å². The Morgan fingerprint density at radius 1 is 0.727 bits per heavy atom. The van der Waals surface area contributed by atoms with E-state index < -0.39 is 0 Å². The third-order valence-corrected chi connectivity index (χ3v) is 2.97. The molecule has 0 aliphatic heterocycles. The second-order valence-electron chi connectivity index (χ2n) is 5.07. The molecule has 0 atom stereocenters. The Hall–Kier alpha value is -1.59. The highest BCUT2D eigenvalue weighted by Gasteiger charge is 2.14. The van der Waals surface area contributed by atoms with E-state index in [9.17, 15) is 14.4 Å². The van der Waals surface area contributed by atoms with Crippen molar-refractivity contribution in [1.82, 2.24) is 4.90 Å². The lowest BCUT2D eigenvalue weighted by molar-refractivity contribution is -0.147. The Kier molecular flexibility index (Phi) is 12.2. The summed E-state index contributed by atoms with van der Waals surface area (Å²) in [6, 6.07) is 0. The zero-order valence-corrected chi connectivity index (χ0v) is 14.1. The van der Waals surface area contributed by atoms with Gasteiger partial charge in [-0.3, -0.25) is 14.4 Å². The first kappa shape index (κ1) is 20.4. The van der Waals surface area contributed by atoms with Crippen LogP contribution in [0.2, 0.25) is 0 Å². The minimum Gasteiger partial charge on any atom is -0.464 e. The number of carbonyl (C=O) groups is 3. The first-order valence-corrected chi connectivity index (χ1v) is 8.14. The van der Waals surface area contributed by atoms with Gasteiger partial charge in [-0.2, -0.15) is 0 Å². The summed E-state index contributed by atoms with van der Waals surface area (Å²) < 4.78 is 10.1. The van der Waals surface area contributed by atoms with E-state index in [-0.39, 0.29) is 31.1 Å². The summed E-state index contributed by atoms with van der Waals surface area (Å²) in [5, 5.41) is 0. The lowest BCUT2D eigenvalue weighted by atomic mass is 10.3. The predicted molar refractivity (Wildman–Crippen MR) is 83.2 cm³/mol. The van der Waals surface area contributed by atoms with Crippen molar-refractivity contribution in [3.8, 4) is 0 Å². The SMILES string of the molecule is CCCC(=O)OCCN(CCOC(=O)CCC)C(=O)CCC. The highest BCUT2D eigenvalue weighted by molar-refractivity contribution is 5.76. The van der Waals surface area contributed by atoms with Crippen LogP contribution in [0.25, 0.3) is 0 Å². The van der Waals surface area contributed by atoms with Crippen LogP contribution in [0.15, 0.2) is 0 Å². The van der Waals surface area contributed by atoms with Crippen LogP contribution in [0.1, 0.15) is 59.3 Å². The van der Waals surface area contributed by atoms with Gasteiger partial charge in [-0.25, -0.2) is 0 Å². The molecule has 0 rings (SSSR count). The monoisotopic (exact) mass is 315 g/mol. The summed E-state index contributed by atoms with van der Waals surface area (Å²) in [5.41, 5.74) is 0. The number of nitrogens with zero attached hydrogens (tertiary/aromatic N) is 1. The van der Waals surface area contributed by atoms with Gasteiger partial charge in [-0.05, 0) is 19.3 Å². The van der Waals surface area contributed by atoms with Crippen LogP contribution in [0.4, 0.5) is 0 Å². The summed E-state index contributed by atoms with van der Waals surface area (Å²) >= 11 is 0. The van der Waals surface area contributed by atoms with Gasteiger partial charge in [-0.1, -0.05) is 20.8 Å². The molecule has 0 N–H and O–H groups in total. The van der Waals surface area contributed by atoms with Gasteiger partial charge in [0.1, 0.15) is 13.2 Å².